The van der Waals surface area contributed by atoms with E-state index in [1.807, 2.05) is 0 Å². The molecule has 0 spiro atoms. The zero-order valence-corrected chi connectivity index (χ0v) is 8.09. The van der Waals surface area contributed by atoms with Gasteiger partial charge in [-0.2, -0.15) is 0 Å². The second-order valence-electron chi connectivity index (χ2n) is 2.55. The van der Waals surface area contributed by atoms with Crippen molar-refractivity contribution >= 4 is 34.9 Å². The molecule has 1 heterocycles. The fourth-order valence-electron chi connectivity index (χ4n) is 0.918. The van der Waals surface area contributed by atoms with Crippen LogP contribution in [-0.4, -0.2) is 32.4 Å². The van der Waals surface area contributed by atoms with Gasteiger partial charge in [-0.3, -0.25) is 0 Å². The molecule has 11 heavy (non-hydrogen) atoms. The highest BCUT2D eigenvalue weighted by molar-refractivity contribution is 9.07. The Hall–Kier alpha value is 0.295. The Balaban J connectivity index is 2.67. The predicted molar refractivity (Wildman–Crippen MR) is 48.2 cm³/mol. The summed E-state index contributed by atoms with van der Waals surface area (Å²) >= 11 is 9.05. The molecule has 0 amide bonds. The standard InChI is InChI=1S/C5H8BBrClNO2/c7-9-3-1-2-5(8,4-9)6(10)11/h1,3,10-11H,2,4H2. The van der Waals surface area contributed by atoms with Crippen molar-refractivity contribution in [3.63, 3.8) is 0 Å². The SMILES string of the molecule is OB(O)C1(Cl)CC=CN(Br)C1. The summed E-state index contributed by atoms with van der Waals surface area (Å²) in [6, 6.07) is 0. The summed E-state index contributed by atoms with van der Waals surface area (Å²) in [5.41, 5.74) is 0. The minimum atomic E-state index is -1.49. The van der Waals surface area contributed by atoms with Crippen LogP contribution in [0.25, 0.3) is 0 Å². The molecule has 0 saturated heterocycles. The third-order valence-electron chi connectivity index (χ3n) is 1.60. The van der Waals surface area contributed by atoms with Gasteiger partial charge in [-0.15, -0.1) is 11.6 Å². The molecule has 0 bridgehead atoms. The summed E-state index contributed by atoms with van der Waals surface area (Å²) < 4.78 is 0.668. The first-order chi connectivity index (χ1) is 5.04. The first-order valence-corrected chi connectivity index (χ1v) is 4.27. The maximum absolute atomic E-state index is 8.90. The lowest BCUT2D eigenvalue weighted by Crippen LogP contribution is -2.48. The molecule has 62 valence electrons. The van der Waals surface area contributed by atoms with E-state index in [-0.39, 0.29) is 0 Å². The van der Waals surface area contributed by atoms with Crippen LogP contribution in [0.1, 0.15) is 6.42 Å². The Bertz CT molecular complexity index is 180. The third kappa shape index (κ3) is 2.12. The summed E-state index contributed by atoms with van der Waals surface area (Å²) in [6.45, 7) is 0.378. The van der Waals surface area contributed by atoms with Crippen LogP contribution < -0.4 is 0 Å². The molecule has 0 aliphatic carbocycles. The normalized spacial score (nSPS) is 30.7. The second kappa shape index (κ2) is 3.35. The van der Waals surface area contributed by atoms with E-state index in [2.05, 4.69) is 16.1 Å². The maximum atomic E-state index is 8.90. The molecule has 0 radical (unpaired) electrons. The first-order valence-electron chi connectivity index (χ1n) is 3.19. The number of hydrogen-bond donors (Lipinski definition) is 2. The molecule has 1 aliphatic heterocycles. The number of rotatable bonds is 1. The van der Waals surface area contributed by atoms with Crippen LogP contribution in [0.15, 0.2) is 12.3 Å². The van der Waals surface area contributed by atoms with E-state index in [0.29, 0.717) is 13.0 Å². The molecule has 6 heteroatoms. The number of hydrogen-bond acceptors (Lipinski definition) is 3. The van der Waals surface area contributed by atoms with Crippen molar-refractivity contribution in [1.29, 1.82) is 0 Å². The summed E-state index contributed by atoms with van der Waals surface area (Å²) in [6.07, 6.45) is 4.04. The number of alkyl halides is 1. The molecule has 2 N–H and O–H groups in total. The van der Waals surface area contributed by atoms with Gasteiger partial charge in [0.15, 0.2) is 0 Å². The van der Waals surface area contributed by atoms with Crippen LogP contribution in [0.3, 0.4) is 0 Å². The lowest BCUT2D eigenvalue weighted by Gasteiger charge is -2.31. The average Bonchev–Trinajstić information content (AvgIpc) is 1.86. The smallest absolute Gasteiger partial charge is 0.426 e. The number of halogens is 2. The second-order valence-corrected chi connectivity index (χ2v) is 4.22. The van der Waals surface area contributed by atoms with Crippen LogP contribution in [0.5, 0.6) is 0 Å². The number of nitrogens with zero attached hydrogens (tertiary/aromatic N) is 1. The molecule has 0 aromatic heterocycles. The molecular weight excluding hydrogens is 232 g/mol. The fraction of sp³-hybridized carbons (Fsp3) is 0.600. The van der Waals surface area contributed by atoms with Gasteiger partial charge in [0.05, 0.1) is 0 Å². The number of allylic oxidation sites excluding steroid dienone is 1. The zero-order chi connectivity index (χ0) is 8.48. The fourth-order valence-corrected chi connectivity index (χ4v) is 1.90. The molecular formula is C5H8BBrClNO2. The monoisotopic (exact) mass is 239 g/mol. The zero-order valence-electron chi connectivity index (χ0n) is 5.74. The van der Waals surface area contributed by atoms with Gasteiger partial charge in [-0.25, -0.2) is 0 Å². The summed E-state index contributed by atoms with van der Waals surface area (Å²) in [7, 11) is -1.49. The molecule has 3 nitrogen and oxygen atoms in total. The van der Waals surface area contributed by atoms with E-state index in [1.54, 1.807) is 16.2 Å². The van der Waals surface area contributed by atoms with Crippen LogP contribution in [0.2, 0.25) is 0 Å². The molecule has 1 aliphatic rings. The Morgan fingerprint density at radius 3 is 2.64 bits per heavy atom. The minimum absolute atomic E-state index is 0.378. The highest BCUT2D eigenvalue weighted by atomic mass is 79.9. The maximum Gasteiger partial charge on any atom is 0.476 e. The van der Waals surface area contributed by atoms with Crippen molar-refractivity contribution in [3.8, 4) is 0 Å². The van der Waals surface area contributed by atoms with E-state index in [9.17, 15) is 0 Å². The van der Waals surface area contributed by atoms with Gasteiger partial charge in [0, 0.05) is 28.9 Å². The van der Waals surface area contributed by atoms with Crippen LogP contribution in [0.4, 0.5) is 0 Å². The predicted octanol–water partition coefficient (Wildman–Crippen LogP) is 0.505. The van der Waals surface area contributed by atoms with Crippen LogP contribution in [-0.2, 0) is 0 Å². The topological polar surface area (TPSA) is 43.7 Å². The summed E-state index contributed by atoms with van der Waals surface area (Å²) in [5.74, 6) is 0. The molecule has 1 unspecified atom stereocenters. The van der Waals surface area contributed by atoms with Crippen molar-refractivity contribution in [3.05, 3.63) is 12.3 Å². The van der Waals surface area contributed by atoms with E-state index < -0.39 is 11.9 Å². The van der Waals surface area contributed by atoms with Crippen molar-refractivity contribution in [2.75, 3.05) is 6.54 Å². The van der Waals surface area contributed by atoms with E-state index >= 15 is 0 Å². The van der Waals surface area contributed by atoms with E-state index in [4.69, 9.17) is 21.6 Å². The van der Waals surface area contributed by atoms with E-state index in [0.717, 1.165) is 0 Å². The first kappa shape index (κ1) is 9.38. The average molecular weight is 240 g/mol. The van der Waals surface area contributed by atoms with Crippen LogP contribution in [0, 0.1) is 0 Å². The van der Waals surface area contributed by atoms with Crippen LogP contribution >= 0.6 is 27.7 Å². The molecule has 0 fully saturated rings. The van der Waals surface area contributed by atoms with Gasteiger partial charge in [-0.1, -0.05) is 6.08 Å². The van der Waals surface area contributed by atoms with Crippen molar-refractivity contribution in [1.82, 2.24) is 3.93 Å². The van der Waals surface area contributed by atoms with Gasteiger partial charge in [0.1, 0.15) is 4.77 Å². The van der Waals surface area contributed by atoms with Crippen molar-refractivity contribution in [2.45, 2.75) is 11.2 Å². The Kier molecular flexibility index (Phi) is 2.86. The highest BCUT2D eigenvalue weighted by Gasteiger charge is 2.41. The summed E-state index contributed by atoms with van der Waals surface area (Å²) in [4.78, 5) is 0. The molecule has 1 rings (SSSR count). The van der Waals surface area contributed by atoms with E-state index in [1.165, 1.54) is 0 Å². The molecule has 1 atom stereocenters. The van der Waals surface area contributed by atoms with Gasteiger partial charge in [0.2, 0.25) is 0 Å². The quantitative estimate of drug-likeness (QED) is 0.398. The van der Waals surface area contributed by atoms with Gasteiger partial charge < -0.3 is 14.0 Å². The van der Waals surface area contributed by atoms with Crippen molar-refractivity contribution in [2.24, 2.45) is 0 Å². The summed E-state index contributed by atoms with van der Waals surface area (Å²) in [5, 5.41) is 17.8. The Morgan fingerprint density at radius 1 is 1.64 bits per heavy atom. The van der Waals surface area contributed by atoms with Gasteiger partial charge >= 0.3 is 7.12 Å². The lowest BCUT2D eigenvalue weighted by atomic mass is 9.69. The lowest BCUT2D eigenvalue weighted by molar-refractivity contribution is 0.356. The largest absolute Gasteiger partial charge is 0.476 e. The third-order valence-corrected chi connectivity index (χ3v) is 2.56. The van der Waals surface area contributed by atoms with Crippen molar-refractivity contribution < 1.29 is 10.0 Å². The van der Waals surface area contributed by atoms with Gasteiger partial charge in [0.25, 0.3) is 0 Å². The molecule has 0 saturated carbocycles. The Morgan fingerprint density at radius 2 is 2.27 bits per heavy atom. The minimum Gasteiger partial charge on any atom is -0.426 e. The highest BCUT2D eigenvalue weighted by Crippen LogP contribution is 2.28. The Labute approximate surface area is 79.1 Å². The van der Waals surface area contributed by atoms with Gasteiger partial charge in [-0.05, 0) is 6.42 Å². The molecule has 0 aromatic carbocycles. The molecule has 0 aromatic rings.